The molecule has 1 atom stereocenters. The van der Waals surface area contributed by atoms with E-state index < -0.39 is 12.2 Å². The van der Waals surface area contributed by atoms with Crippen molar-refractivity contribution < 1.29 is 14.3 Å². The topological polar surface area (TPSA) is 93.4 Å². The summed E-state index contributed by atoms with van der Waals surface area (Å²) in [5, 5.41) is 5.53. The number of hydrazine groups is 1. The number of hydrogen-bond acceptors (Lipinski definition) is 5. The molecule has 184 valence electrons. The summed E-state index contributed by atoms with van der Waals surface area (Å²) in [6.07, 6.45) is -1.08. The number of fused-ring (bicyclic) bond motifs is 1. The van der Waals surface area contributed by atoms with E-state index in [9.17, 15) is 9.59 Å². The van der Waals surface area contributed by atoms with Gasteiger partial charge < -0.3 is 10.1 Å². The molecule has 0 heterocycles. The highest BCUT2D eigenvalue weighted by Gasteiger charge is 2.21. The first-order chi connectivity index (χ1) is 17.6. The normalized spacial score (nSPS) is 11.8. The van der Waals surface area contributed by atoms with Crippen LogP contribution in [0, 0.1) is 0 Å². The Hall–Kier alpha value is -4.00. The highest BCUT2D eigenvalue weighted by molar-refractivity contribution is 5.84. The number of ketones is 1. The Morgan fingerprint density at radius 2 is 1.36 bits per heavy atom. The Kier molecular flexibility index (Phi) is 8.81. The van der Waals surface area contributed by atoms with Gasteiger partial charge in [-0.2, -0.15) is 0 Å². The van der Waals surface area contributed by atoms with Gasteiger partial charge in [0.05, 0.1) is 0 Å². The molecular formula is C30H31N3O3. The van der Waals surface area contributed by atoms with Crippen LogP contribution >= 0.6 is 0 Å². The van der Waals surface area contributed by atoms with Crippen molar-refractivity contribution in [2.24, 2.45) is 5.84 Å². The lowest BCUT2D eigenvalue weighted by Gasteiger charge is -2.20. The zero-order chi connectivity index (χ0) is 25.2. The second kappa shape index (κ2) is 12.6. The van der Waals surface area contributed by atoms with Crippen LogP contribution in [0.5, 0.6) is 0 Å². The first kappa shape index (κ1) is 25.1. The van der Waals surface area contributed by atoms with Crippen LogP contribution in [0.3, 0.4) is 0 Å². The fourth-order valence-electron chi connectivity index (χ4n) is 4.38. The number of carbonyl (C=O) groups excluding carboxylic acids is 2. The van der Waals surface area contributed by atoms with E-state index in [1.165, 1.54) is 11.1 Å². The summed E-state index contributed by atoms with van der Waals surface area (Å²) in [7, 11) is 0. The predicted octanol–water partition coefficient (Wildman–Crippen LogP) is 5.25. The molecule has 0 aromatic heterocycles. The molecule has 4 rings (SSSR count). The third-order valence-electron chi connectivity index (χ3n) is 6.26. The SMILES string of the molecule is NNC(=O)OC(CC(=O)CCNCC(c1ccccc1)c1ccccc1)c1ccc2ccccc2c1. The summed E-state index contributed by atoms with van der Waals surface area (Å²) in [5.74, 6) is 5.41. The Morgan fingerprint density at radius 1 is 0.750 bits per heavy atom. The number of benzene rings is 4. The molecule has 6 heteroatoms. The van der Waals surface area contributed by atoms with Crippen LogP contribution in [-0.4, -0.2) is 25.0 Å². The smallest absolute Gasteiger partial charge is 0.422 e. The fourth-order valence-corrected chi connectivity index (χ4v) is 4.38. The average molecular weight is 482 g/mol. The van der Waals surface area contributed by atoms with Gasteiger partial charge in [-0.25, -0.2) is 10.6 Å². The van der Waals surface area contributed by atoms with Gasteiger partial charge in [0.25, 0.3) is 0 Å². The lowest BCUT2D eigenvalue weighted by atomic mass is 9.91. The first-order valence-electron chi connectivity index (χ1n) is 12.1. The van der Waals surface area contributed by atoms with Crippen molar-refractivity contribution in [3.8, 4) is 0 Å². The van der Waals surface area contributed by atoms with E-state index in [2.05, 4.69) is 29.6 Å². The minimum atomic E-state index is -0.771. The third-order valence-corrected chi connectivity index (χ3v) is 6.26. The van der Waals surface area contributed by atoms with Gasteiger partial charge in [-0.15, -0.1) is 0 Å². The molecule has 0 saturated heterocycles. The number of ether oxygens (including phenoxy) is 1. The van der Waals surface area contributed by atoms with Crippen molar-refractivity contribution in [1.82, 2.24) is 10.7 Å². The van der Waals surface area contributed by atoms with Crippen LogP contribution in [0.25, 0.3) is 10.8 Å². The summed E-state index contributed by atoms with van der Waals surface area (Å²) in [6, 6.07) is 34.4. The standard InChI is InChI=1S/C30H31N3O3/c31-33-30(35)36-29(26-16-15-22-9-7-8-14-25(22)19-26)20-27(34)17-18-32-21-28(23-10-3-1-4-11-23)24-12-5-2-6-13-24/h1-16,19,28-29,32H,17-18,20-21,31H2,(H,33,35). The third kappa shape index (κ3) is 6.78. The summed E-state index contributed by atoms with van der Waals surface area (Å²) in [6.45, 7) is 1.24. The molecule has 0 bridgehead atoms. The largest absolute Gasteiger partial charge is 0.440 e. The lowest BCUT2D eigenvalue weighted by molar-refractivity contribution is -0.121. The molecule has 0 aliphatic rings. The number of Topliss-reactive ketones (excluding diaryl/α,β-unsaturated/α-hetero) is 1. The van der Waals surface area contributed by atoms with Crippen molar-refractivity contribution in [2.45, 2.75) is 24.9 Å². The molecule has 0 saturated carbocycles. The number of nitrogens with two attached hydrogens (primary N) is 1. The molecule has 0 aliphatic carbocycles. The summed E-state index contributed by atoms with van der Waals surface area (Å²) < 4.78 is 5.45. The number of hydrogen-bond donors (Lipinski definition) is 3. The van der Waals surface area contributed by atoms with Crippen molar-refractivity contribution in [1.29, 1.82) is 0 Å². The molecule has 36 heavy (non-hydrogen) atoms. The van der Waals surface area contributed by atoms with Gasteiger partial charge in [0.1, 0.15) is 11.9 Å². The van der Waals surface area contributed by atoms with Gasteiger partial charge in [0.15, 0.2) is 0 Å². The molecule has 0 spiro atoms. The predicted molar refractivity (Wildman–Crippen MR) is 142 cm³/mol. The van der Waals surface area contributed by atoms with Crippen LogP contribution < -0.4 is 16.6 Å². The van der Waals surface area contributed by atoms with E-state index in [1.807, 2.05) is 84.3 Å². The molecule has 0 radical (unpaired) electrons. The second-order valence-corrected chi connectivity index (χ2v) is 8.72. The molecule has 4 aromatic rings. The monoisotopic (exact) mass is 481 g/mol. The van der Waals surface area contributed by atoms with Crippen molar-refractivity contribution in [2.75, 3.05) is 13.1 Å². The van der Waals surface area contributed by atoms with Gasteiger partial charge in [-0.3, -0.25) is 10.2 Å². The maximum Gasteiger partial charge on any atom is 0.422 e. The zero-order valence-electron chi connectivity index (χ0n) is 20.1. The number of amides is 1. The number of nitrogens with one attached hydrogen (secondary N) is 2. The van der Waals surface area contributed by atoms with Crippen LogP contribution in [0.15, 0.2) is 103 Å². The first-order valence-corrected chi connectivity index (χ1v) is 12.1. The number of rotatable bonds is 11. The van der Waals surface area contributed by atoms with Gasteiger partial charge in [-0.1, -0.05) is 97.1 Å². The number of carbonyl (C=O) groups is 2. The van der Waals surface area contributed by atoms with E-state index in [0.717, 1.165) is 16.3 Å². The highest BCUT2D eigenvalue weighted by atomic mass is 16.6. The second-order valence-electron chi connectivity index (χ2n) is 8.72. The molecule has 4 aromatic carbocycles. The molecule has 0 aliphatic heterocycles. The zero-order valence-corrected chi connectivity index (χ0v) is 20.1. The van der Waals surface area contributed by atoms with Gasteiger partial charge in [0.2, 0.25) is 0 Å². The molecule has 4 N–H and O–H groups in total. The molecule has 1 unspecified atom stereocenters. The Morgan fingerprint density at radius 3 is 2.00 bits per heavy atom. The van der Waals surface area contributed by atoms with E-state index in [0.29, 0.717) is 19.5 Å². The van der Waals surface area contributed by atoms with E-state index >= 15 is 0 Å². The average Bonchev–Trinajstić information content (AvgIpc) is 2.93. The quantitative estimate of drug-likeness (QED) is 0.118. The molecule has 0 fully saturated rings. The van der Waals surface area contributed by atoms with Gasteiger partial charge in [-0.05, 0) is 33.5 Å². The summed E-state index contributed by atoms with van der Waals surface area (Å²) >= 11 is 0. The lowest BCUT2D eigenvalue weighted by Crippen LogP contribution is -2.32. The minimum Gasteiger partial charge on any atom is -0.440 e. The fraction of sp³-hybridized carbons (Fsp3) is 0.200. The molecule has 6 nitrogen and oxygen atoms in total. The summed E-state index contributed by atoms with van der Waals surface area (Å²) in [5.41, 5.74) is 5.19. The highest BCUT2D eigenvalue weighted by Crippen LogP contribution is 2.27. The molecular weight excluding hydrogens is 450 g/mol. The van der Waals surface area contributed by atoms with Crippen LogP contribution in [0.2, 0.25) is 0 Å². The Labute approximate surface area is 211 Å². The van der Waals surface area contributed by atoms with Gasteiger partial charge in [0, 0.05) is 31.8 Å². The van der Waals surface area contributed by atoms with Crippen molar-refractivity contribution >= 4 is 22.6 Å². The Balaban J connectivity index is 1.37. The van der Waals surface area contributed by atoms with Crippen LogP contribution in [0.4, 0.5) is 4.79 Å². The van der Waals surface area contributed by atoms with Gasteiger partial charge >= 0.3 is 6.09 Å². The Bertz CT molecular complexity index is 1240. The van der Waals surface area contributed by atoms with Crippen LogP contribution in [-0.2, 0) is 9.53 Å². The van der Waals surface area contributed by atoms with Crippen LogP contribution in [0.1, 0.15) is 41.6 Å². The van der Waals surface area contributed by atoms with E-state index in [4.69, 9.17) is 10.6 Å². The maximum absolute atomic E-state index is 12.9. The van der Waals surface area contributed by atoms with E-state index in [-0.39, 0.29) is 18.1 Å². The van der Waals surface area contributed by atoms with Crippen molar-refractivity contribution in [3.63, 3.8) is 0 Å². The molecule has 1 amide bonds. The maximum atomic E-state index is 12.9. The summed E-state index contributed by atoms with van der Waals surface area (Å²) in [4.78, 5) is 24.7. The van der Waals surface area contributed by atoms with Crippen molar-refractivity contribution in [3.05, 3.63) is 120 Å². The minimum absolute atomic E-state index is 0.00134. The van der Waals surface area contributed by atoms with E-state index in [1.54, 1.807) is 0 Å².